The van der Waals surface area contributed by atoms with Crippen molar-refractivity contribution in [1.82, 2.24) is 15.2 Å². The van der Waals surface area contributed by atoms with E-state index < -0.39 is 0 Å². The minimum Gasteiger partial charge on any atom is -0.343 e. The van der Waals surface area contributed by atoms with Crippen LogP contribution < -0.4 is 5.32 Å². The number of hydrogen-bond donors (Lipinski definition) is 1. The molecule has 1 aliphatic heterocycles. The fourth-order valence-corrected chi connectivity index (χ4v) is 3.29. The summed E-state index contributed by atoms with van der Waals surface area (Å²) in [6.45, 7) is 6.31. The zero-order chi connectivity index (χ0) is 14.7. The van der Waals surface area contributed by atoms with Crippen molar-refractivity contribution >= 4 is 23.2 Å². The molecule has 6 heteroatoms. The molecule has 5 nitrogen and oxygen atoms in total. The summed E-state index contributed by atoms with van der Waals surface area (Å²) < 4.78 is 0. The largest absolute Gasteiger partial charge is 0.343 e. The first-order valence-corrected chi connectivity index (χ1v) is 7.96. The molecular weight excluding hydrogens is 274 g/mol. The van der Waals surface area contributed by atoms with Gasteiger partial charge in [-0.3, -0.25) is 9.59 Å². The quantitative estimate of drug-likeness (QED) is 0.902. The fraction of sp³-hybridized carbons (Fsp3) is 0.643. The molecule has 0 spiro atoms. The van der Waals surface area contributed by atoms with E-state index in [0.717, 1.165) is 17.1 Å². The predicted octanol–water partition coefficient (Wildman–Crippen LogP) is 1.86. The lowest BCUT2D eigenvalue weighted by atomic mass is 10.0. The summed E-state index contributed by atoms with van der Waals surface area (Å²) in [5, 5.41) is 5.70. The van der Waals surface area contributed by atoms with Gasteiger partial charge in [0.25, 0.3) is 0 Å². The van der Waals surface area contributed by atoms with Gasteiger partial charge in [0, 0.05) is 11.1 Å². The number of nitrogens with zero attached hydrogens (tertiary/aromatic N) is 2. The van der Waals surface area contributed by atoms with Gasteiger partial charge in [-0.05, 0) is 19.8 Å². The number of hydrogen-bond acceptors (Lipinski definition) is 4. The van der Waals surface area contributed by atoms with Gasteiger partial charge < -0.3 is 10.2 Å². The molecule has 1 aliphatic rings. The van der Waals surface area contributed by atoms with Crippen molar-refractivity contribution < 1.29 is 9.59 Å². The summed E-state index contributed by atoms with van der Waals surface area (Å²) in [6.07, 6.45) is 2.19. The molecule has 1 N–H and O–H groups in total. The lowest BCUT2D eigenvalue weighted by Gasteiger charge is -2.38. The van der Waals surface area contributed by atoms with E-state index in [1.165, 1.54) is 11.3 Å². The van der Waals surface area contributed by atoms with Gasteiger partial charge in [0.1, 0.15) is 17.1 Å². The molecule has 0 saturated carbocycles. The van der Waals surface area contributed by atoms with Crippen molar-refractivity contribution in [3.05, 3.63) is 16.1 Å². The van der Waals surface area contributed by atoms with Gasteiger partial charge >= 0.3 is 0 Å². The van der Waals surface area contributed by atoms with Crippen LogP contribution in [0.25, 0.3) is 0 Å². The maximum atomic E-state index is 12.5. The third-order valence-corrected chi connectivity index (χ3v) is 4.46. The molecule has 110 valence electrons. The zero-order valence-corrected chi connectivity index (χ0v) is 13.0. The predicted molar refractivity (Wildman–Crippen MR) is 78.3 cm³/mol. The highest BCUT2D eigenvalue weighted by atomic mass is 32.1. The van der Waals surface area contributed by atoms with E-state index >= 15 is 0 Å². The molecule has 1 saturated heterocycles. The average Bonchev–Trinajstić information content (AvgIpc) is 2.81. The average molecular weight is 295 g/mol. The molecular formula is C14H21N3O2S. The van der Waals surface area contributed by atoms with Crippen LogP contribution in [0.4, 0.5) is 0 Å². The third kappa shape index (κ3) is 3.00. The van der Waals surface area contributed by atoms with Gasteiger partial charge in [-0.2, -0.15) is 0 Å². The van der Waals surface area contributed by atoms with Crippen LogP contribution in [0.1, 0.15) is 43.8 Å². The van der Waals surface area contributed by atoms with Crippen LogP contribution >= 0.6 is 11.3 Å². The first kappa shape index (κ1) is 15.0. The zero-order valence-electron chi connectivity index (χ0n) is 12.2. The Morgan fingerprint density at radius 2 is 2.15 bits per heavy atom. The molecule has 2 heterocycles. The van der Waals surface area contributed by atoms with Crippen LogP contribution in [0.2, 0.25) is 0 Å². The number of aromatic nitrogens is 1. The summed E-state index contributed by atoms with van der Waals surface area (Å²) in [4.78, 5) is 30.8. The van der Waals surface area contributed by atoms with E-state index in [2.05, 4.69) is 10.3 Å². The lowest BCUT2D eigenvalue weighted by molar-refractivity contribution is -0.150. The minimum atomic E-state index is -0.378. The van der Waals surface area contributed by atoms with Crippen molar-refractivity contribution in [2.24, 2.45) is 0 Å². The topological polar surface area (TPSA) is 62.3 Å². The molecule has 2 atom stereocenters. The first-order chi connectivity index (χ1) is 9.56. The van der Waals surface area contributed by atoms with Crippen LogP contribution in [0.15, 0.2) is 5.38 Å². The standard InChI is InChI=1S/C14H21N3O2S/c1-4-6-10-14(19)17(11(5-2)13(18)16-10)7-12-15-9(3)8-20-12/h8,10-11H,4-7H2,1-3H3,(H,16,18). The van der Waals surface area contributed by atoms with Crippen molar-refractivity contribution in [3.63, 3.8) is 0 Å². The number of amides is 2. The van der Waals surface area contributed by atoms with Crippen LogP contribution in [0, 0.1) is 6.92 Å². The van der Waals surface area contributed by atoms with Gasteiger partial charge in [-0.25, -0.2) is 4.98 Å². The molecule has 0 bridgehead atoms. The second kappa shape index (κ2) is 6.35. The summed E-state index contributed by atoms with van der Waals surface area (Å²) >= 11 is 1.54. The molecule has 0 aliphatic carbocycles. The van der Waals surface area contributed by atoms with E-state index in [4.69, 9.17) is 0 Å². The van der Waals surface area contributed by atoms with Crippen molar-refractivity contribution in [2.45, 2.75) is 58.7 Å². The van der Waals surface area contributed by atoms with Crippen LogP contribution in [-0.4, -0.2) is 33.8 Å². The summed E-state index contributed by atoms with van der Waals surface area (Å²) in [6, 6.07) is -0.754. The summed E-state index contributed by atoms with van der Waals surface area (Å²) in [5.74, 6) is -0.0232. The van der Waals surface area contributed by atoms with Gasteiger partial charge in [-0.1, -0.05) is 20.3 Å². The SMILES string of the molecule is CCCC1NC(=O)C(CC)N(Cc2nc(C)cs2)C1=O. The number of carbonyl (C=O) groups excluding carboxylic acids is 2. The molecule has 1 aromatic rings. The van der Waals surface area contributed by atoms with Crippen molar-refractivity contribution in [2.75, 3.05) is 0 Å². The second-order valence-electron chi connectivity index (χ2n) is 5.12. The summed E-state index contributed by atoms with van der Waals surface area (Å²) in [5.41, 5.74) is 0.956. The maximum absolute atomic E-state index is 12.5. The smallest absolute Gasteiger partial charge is 0.246 e. The Morgan fingerprint density at radius 3 is 2.70 bits per heavy atom. The van der Waals surface area contributed by atoms with E-state index in [-0.39, 0.29) is 23.9 Å². The molecule has 1 fully saturated rings. The highest BCUT2D eigenvalue weighted by Gasteiger charge is 2.39. The molecule has 0 radical (unpaired) electrons. The normalized spacial score (nSPS) is 23.1. The highest BCUT2D eigenvalue weighted by Crippen LogP contribution is 2.20. The van der Waals surface area contributed by atoms with Gasteiger partial charge in [0.05, 0.1) is 6.54 Å². The van der Waals surface area contributed by atoms with Crippen LogP contribution in [0.3, 0.4) is 0 Å². The lowest BCUT2D eigenvalue weighted by Crippen LogP contribution is -2.62. The molecule has 2 amide bonds. The first-order valence-electron chi connectivity index (χ1n) is 7.08. The Morgan fingerprint density at radius 1 is 1.40 bits per heavy atom. The molecule has 20 heavy (non-hydrogen) atoms. The number of thiazole rings is 1. The molecule has 1 aromatic heterocycles. The Labute approximate surface area is 123 Å². The number of piperazine rings is 1. The highest BCUT2D eigenvalue weighted by molar-refractivity contribution is 7.09. The fourth-order valence-electron chi connectivity index (χ4n) is 2.52. The van der Waals surface area contributed by atoms with Gasteiger partial charge in [0.2, 0.25) is 11.8 Å². The van der Waals surface area contributed by atoms with Crippen molar-refractivity contribution in [1.29, 1.82) is 0 Å². The maximum Gasteiger partial charge on any atom is 0.246 e. The summed E-state index contributed by atoms with van der Waals surface area (Å²) in [7, 11) is 0. The number of rotatable bonds is 5. The molecule has 0 aromatic carbocycles. The molecule has 2 rings (SSSR count). The van der Waals surface area contributed by atoms with Crippen LogP contribution in [-0.2, 0) is 16.1 Å². The van der Waals surface area contributed by atoms with E-state index in [9.17, 15) is 9.59 Å². The number of aryl methyl sites for hydroxylation is 1. The van der Waals surface area contributed by atoms with E-state index in [0.29, 0.717) is 19.4 Å². The van der Waals surface area contributed by atoms with E-state index in [1.807, 2.05) is 26.2 Å². The Balaban J connectivity index is 2.19. The minimum absolute atomic E-state index is 0.0196. The van der Waals surface area contributed by atoms with E-state index in [1.54, 1.807) is 4.90 Å². The number of carbonyl (C=O) groups is 2. The Hall–Kier alpha value is -1.43. The second-order valence-corrected chi connectivity index (χ2v) is 6.07. The van der Waals surface area contributed by atoms with Crippen molar-refractivity contribution in [3.8, 4) is 0 Å². The van der Waals surface area contributed by atoms with Crippen LogP contribution in [0.5, 0.6) is 0 Å². The van der Waals surface area contributed by atoms with Gasteiger partial charge in [-0.15, -0.1) is 11.3 Å². The Bertz CT molecular complexity index is 500. The van der Waals surface area contributed by atoms with Gasteiger partial charge in [0.15, 0.2) is 0 Å². The Kier molecular flexibility index (Phi) is 4.75. The monoisotopic (exact) mass is 295 g/mol. The third-order valence-electron chi connectivity index (χ3n) is 3.51. The number of nitrogens with one attached hydrogen (secondary N) is 1. The molecule has 2 unspecified atom stereocenters.